The Morgan fingerprint density at radius 2 is 1.92 bits per heavy atom. The normalized spacial score (nSPS) is 13.0. The number of rotatable bonds is 4. The van der Waals surface area contributed by atoms with E-state index in [0.29, 0.717) is 5.70 Å². The second kappa shape index (κ2) is 4.32. The summed E-state index contributed by atoms with van der Waals surface area (Å²) >= 11 is 0. The molecule has 0 aromatic rings. The van der Waals surface area contributed by atoms with E-state index in [4.69, 9.17) is 14.2 Å². The molecule has 70 valence electrons. The van der Waals surface area contributed by atoms with Crippen molar-refractivity contribution >= 4 is 10.8 Å². The van der Waals surface area contributed by atoms with Crippen LogP contribution in [0.4, 0.5) is 0 Å². The highest BCUT2D eigenvalue weighted by Crippen LogP contribution is 2.38. The van der Waals surface area contributed by atoms with Gasteiger partial charge in [-0.05, 0) is 12.2 Å². The zero-order valence-electron chi connectivity index (χ0n) is 6.95. The average Bonchev–Trinajstić information content (AvgIpc) is 1.97. The van der Waals surface area contributed by atoms with E-state index in [1.807, 2.05) is 0 Å². The number of hydrogen-bond acceptors (Lipinski definition) is 4. The van der Waals surface area contributed by atoms with E-state index in [1.165, 1.54) is 6.08 Å². The van der Waals surface area contributed by atoms with Crippen molar-refractivity contribution in [3.05, 3.63) is 35.9 Å². The minimum Gasteiger partial charge on any atom is -0.389 e. The number of likely N-dealkylation sites (N-methyl/N-ethyl adjacent to an activating group) is 1. The van der Waals surface area contributed by atoms with Crippen molar-refractivity contribution < 1.29 is 9.11 Å². The van der Waals surface area contributed by atoms with E-state index in [1.54, 1.807) is 13.1 Å². The summed E-state index contributed by atoms with van der Waals surface area (Å²) in [5, 5.41) is 7.75. The van der Waals surface area contributed by atoms with Crippen molar-refractivity contribution in [3.8, 4) is 0 Å². The summed E-state index contributed by atoms with van der Waals surface area (Å²) < 4.78 is 17.8. The van der Waals surface area contributed by atoms with Crippen molar-refractivity contribution in [3.63, 3.8) is 0 Å². The molecule has 0 unspecified atom stereocenters. The molecule has 0 aromatic heterocycles. The molecule has 0 atom stereocenters. The highest BCUT2D eigenvalue weighted by atomic mass is 32.3. The monoisotopic (exact) mass is 190 g/mol. The molecule has 0 heterocycles. The molecule has 4 nitrogen and oxygen atoms in total. The fourth-order valence-corrected chi connectivity index (χ4v) is 0.645. The van der Waals surface area contributed by atoms with Crippen LogP contribution in [-0.2, 0) is 0 Å². The predicted molar refractivity (Wildman–Crippen MR) is 53.5 cm³/mol. The molecule has 0 fully saturated rings. The third kappa shape index (κ3) is 4.20. The molecule has 0 aliphatic rings. The summed E-state index contributed by atoms with van der Waals surface area (Å²) in [5.41, 5.74) is 0.639. The summed E-state index contributed by atoms with van der Waals surface area (Å²) in [7, 11) is -1.45. The van der Waals surface area contributed by atoms with E-state index < -0.39 is 10.8 Å². The summed E-state index contributed by atoms with van der Waals surface area (Å²) in [6.45, 7) is 6.98. The lowest BCUT2D eigenvalue weighted by molar-refractivity contribution is 0.499. The first-order chi connectivity index (χ1) is 5.38. The molecule has 0 radical (unpaired) electrons. The molecule has 5 N–H and O–H groups in total. The molecule has 0 saturated carbocycles. The number of hydrogen-bond donors (Lipinski definition) is 4. The lowest BCUT2D eigenvalue weighted by atomic mass is 10.4. The van der Waals surface area contributed by atoms with Crippen LogP contribution in [0.2, 0.25) is 0 Å². The fourth-order valence-electron chi connectivity index (χ4n) is 0.377. The molecule has 12 heavy (non-hydrogen) atoms. The Morgan fingerprint density at radius 3 is 2.25 bits per heavy atom. The first kappa shape index (κ1) is 11.2. The Labute approximate surface area is 74.0 Å². The van der Waals surface area contributed by atoms with Crippen molar-refractivity contribution in [2.45, 2.75) is 0 Å². The first-order valence-electron chi connectivity index (χ1n) is 3.17. The van der Waals surface area contributed by atoms with Crippen molar-refractivity contribution in [2.24, 2.45) is 5.14 Å². The molecule has 5 heteroatoms. The van der Waals surface area contributed by atoms with Crippen LogP contribution in [-0.4, -0.2) is 16.2 Å². The van der Waals surface area contributed by atoms with E-state index in [0.717, 1.165) is 0 Å². The fraction of sp³-hybridized carbons (Fsp3) is 0.143. The van der Waals surface area contributed by atoms with Gasteiger partial charge >= 0.3 is 0 Å². The van der Waals surface area contributed by atoms with Gasteiger partial charge in [0.25, 0.3) is 0 Å². The maximum absolute atomic E-state index is 8.89. The summed E-state index contributed by atoms with van der Waals surface area (Å²) in [6, 6.07) is 0. The largest absolute Gasteiger partial charge is 0.389 e. The standard InChI is InChI=1S/C7H14N2O2S/c1-6(9-3)4-5-7(2)12(8,10)11/h4-5,9-11H,1-2,8H2,3H3/b5-4-. The van der Waals surface area contributed by atoms with Crippen LogP contribution in [0.5, 0.6) is 0 Å². The SMILES string of the molecule is C=C(/C=C\C(=C)S(N)(O)O)NC. The minimum atomic E-state index is -3.16. The molecule has 0 amide bonds. The third-order valence-corrected chi connectivity index (χ3v) is 2.09. The van der Waals surface area contributed by atoms with Crippen LogP contribution in [0.3, 0.4) is 0 Å². The highest BCUT2D eigenvalue weighted by molar-refractivity contribution is 8.25. The summed E-state index contributed by atoms with van der Waals surface area (Å²) in [4.78, 5) is 0.0823. The van der Waals surface area contributed by atoms with Crippen LogP contribution in [0, 0.1) is 0 Å². The lowest BCUT2D eigenvalue weighted by Crippen LogP contribution is -2.09. The van der Waals surface area contributed by atoms with Gasteiger partial charge in [0.05, 0.1) is 4.91 Å². The average molecular weight is 190 g/mol. The van der Waals surface area contributed by atoms with Crippen molar-refractivity contribution in [1.82, 2.24) is 5.32 Å². The maximum atomic E-state index is 8.89. The van der Waals surface area contributed by atoms with Gasteiger partial charge in [-0.1, -0.05) is 13.2 Å². The Kier molecular flexibility index (Phi) is 4.05. The van der Waals surface area contributed by atoms with Gasteiger partial charge in [0.2, 0.25) is 0 Å². The smallest absolute Gasteiger partial charge is 0.0676 e. The molecule has 0 saturated heterocycles. The first-order valence-corrected chi connectivity index (χ1v) is 4.78. The van der Waals surface area contributed by atoms with Gasteiger partial charge in [-0.3, -0.25) is 9.11 Å². The van der Waals surface area contributed by atoms with Gasteiger partial charge in [0.15, 0.2) is 0 Å². The topological polar surface area (TPSA) is 78.5 Å². The summed E-state index contributed by atoms with van der Waals surface area (Å²) in [5.74, 6) is 0. The van der Waals surface area contributed by atoms with Crippen molar-refractivity contribution in [2.75, 3.05) is 7.05 Å². The van der Waals surface area contributed by atoms with Gasteiger partial charge in [-0.25, -0.2) is 5.14 Å². The van der Waals surface area contributed by atoms with Gasteiger partial charge in [0.1, 0.15) is 0 Å². The van der Waals surface area contributed by atoms with Gasteiger partial charge in [-0.2, -0.15) is 0 Å². The molecule has 0 rings (SSSR count). The van der Waals surface area contributed by atoms with Gasteiger partial charge < -0.3 is 5.32 Å². The van der Waals surface area contributed by atoms with Gasteiger partial charge in [-0.15, -0.1) is 10.8 Å². The highest BCUT2D eigenvalue weighted by Gasteiger charge is 2.05. The van der Waals surface area contributed by atoms with Crippen molar-refractivity contribution in [1.29, 1.82) is 0 Å². The van der Waals surface area contributed by atoms with E-state index in [-0.39, 0.29) is 4.91 Å². The second-order valence-corrected chi connectivity index (χ2v) is 3.88. The Morgan fingerprint density at radius 1 is 1.42 bits per heavy atom. The minimum absolute atomic E-state index is 0.0823. The quantitative estimate of drug-likeness (QED) is 0.505. The van der Waals surface area contributed by atoms with Crippen LogP contribution in [0.1, 0.15) is 0 Å². The number of allylic oxidation sites excluding steroid dienone is 2. The van der Waals surface area contributed by atoms with E-state index >= 15 is 0 Å². The third-order valence-electron chi connectivity index (χ3n) is 1.18. The number of nitrogens with two attached hydrogens (primary N) is 1. The Bertz CT molecular complexity index is 218. The van der Waals surface area contributed by atoms with Crippen LogP contribution in [0.15, 0.2) is 35.9 Å². The molecule has 0 aliphatic carbocycles. The van der Waals surface area contributed by atoms with Crippen LogP contribution in [0.25, 0.3) is 0 Å². The number of nitrogens with one attached hydrogen (secondary N) is 1. The van der Waals surface area contributed by atoms with Crippen LogP contribution < -0.4 is 10.5 Å². The van der Waals surface area contributed by atoms with E-state index in [2.05, 4.69) is 18.5 Å². The zero-order chi connectivity index (χ0) is 9.78. The van der Waals surface area contributed by atoms with Gasteiger partial charge in [0, 0.05) is 12.7 Å². The van der Waals surface area contributed by atoms with Crippen LogP contribution >= 0.6 is 10.8 Å². The zero-order valence-corrected chi connectivity index (χ0v) is 7.77. The molecule has 0 aliphatic heterocycles. The Hall–Kier alpha value is -0.750. The maximum Gasteiger partial charge on any atom is 0.0676 e. The molecule has 0 aromatic carbocycles. The molecular formula is C7H14N2O2S. The van der Waals surface area contributed by atoms with E-state index in [9.17, 15) is 0 Å². The summed E-state index contributed by atoms with van der Waals surface area (Å²) in [6.07, 6.45) is 2.97. The predicted octanol–water partition coefficient (Wildman–Crippen LogP) is 1.41. The molecular weight excluding hydrogens is 176 g/mol. The lowest BCUT2D eigenvalue weighted by Gasteiger charge is -2.26. The second-order valence-electron chi connectivity index (χ2n) is 2.17. The molecule has 0 bridgehead atoms. The Balaban J connectivity index is 4.19. The molecule has 0 spiro atoms.